The fourth-order valence-electron chi connectivity index (χ4n) is 1.34. The summed E-state index contributed by atoms with van der Waals surface area (Å²) in [6.07, 6.45) is 1.16. The largest absolute Gasteiger partial charge is 0.213 e. The van der Waals surface area contributed by atoms with Crippen LogP contribution in [-0.2, 0) is 22.0 Å². The molecule has 0 atom stereocenters. The van der Waals surface area contributed by atoms with Gasteiger partial charge in [0.25, 0.3) is 0 Å². The zero-order valence-corrected chi connectivity index (χ0v) is 11.1. The van der Waals surface area contributed by atoms with Crippen molar-refractivity contribution in [2.45, 2.75) is 32.7 Å². The Kier molecular flexibility index (Phi) is 3.76. The third-order valence-corrected chi connectivity index (χ3v) is 3.03. The van der Waals surface area contributed by atoms with E-state index < -0.39 is 10.0 Å². The standard InChI is InChI=1S/C12H19NO2S/c1-12(2,3)11-7-5-10(6-8-11)9-13-16(4,14)15/h5-8,13H,9H2,1-4H3. The zero-order chi connectivity index (χ0) is 12.4. The Morgan fingerprint density at radius 3 is 2.00 bits per heavy atom. The van der Waals surface area contributed by atoms with Gasteiger partial charge in [0.1, 0.15) is 0 Å². The molecule has 1 aromatic rings. The Bertz CT molecular complexity index is 441. The van der Waals surface area contributed by atoms with Gasteiger partial charge in [-0.05, 0) is 16.5 Å². The first-order chi connectivity index (χ1) is 7.18. The molecule has 1 rings (SSSR count). The van der Waals surface area contributed by atoms with Crippen molar-refractivity contribution < 1.29 is 8.42 Å². The lowest BCUT2D eigenvalue weighted by Crippen LogP contribution is -2.21. The monoisotopic (exact) mass is 241 g/mol. The molecular weight excluding hydrogens is 222 g/mol. The van der Waals surface area contributed by atoms with E-state index in [0.717, 1.165) is 11.8 Å². The smallest absolute Gasteiger partial charge is 0.209 e. The number of rotatable bonds is 3. The minimum atomic E-state index is -3.11. The average molecular weight is 241 g/mol. The quantitative estimate of drug-likeness (QED) is 0.880. The van der Waals surface area contributed by atoms with Crippen molar-refractivity contribution in [3.63, 3.8) is 0 Å². The van der Waals surface area contributed by atoms with Crippen molar-refractivity contribution in [2.24, 2.45) is 0 Å². The molecule has 0 radical (unpaired) electrons. The zero-order valence-electron chi connectivity index (χ0n) is 10.2. The summed E-state index contributed by atoms with van der Waals surface area (Å²) in [5, 5.41) is 0. The Labute approximate surface area is 97.9 Å². The molecule has 0 aliphatic heterocycles. The fraction of sp³-hybridized carbons (Fsp3) is 0.500. The van der Waals surface area contributed by atoms with Gasteiger partial charge in [-0.25, -0.2) is 13.1 Å². The van der Waals surface area contributed by atoms with Crippen molar-refractivity contribution >= 4 is 10.0 Å². The van der Waals surface area contributed by atoms with Crippen LogP contribution in [0.1, 0.15) is 31.9 Å². The van der Waals surface area contributed by atoms with Gasteiger partial charge < -0.3 is 0 Å². The summed E-state index contributed by atoms with van der Waals surface area (Å²) in [7, 11) is -3.11. The van der Waals surface area contributed by atoms with E-state index in [1.54, 1.807) is 0 Å². The van der Waals surface area contributed by atoms with Crippen molar-refractivity contribution in [1.82, 2.24) is 4.72 Å². The van der Waals surface area contributed by atoms with Crippen LogP contribution >= 0.6 is 0 Å². The topological polar surface area (TPSA) is 46.2 Å². The van der Waals surface area contributed by atoms with Crippen molar-refractivity contribution in [2.75, 3.05) is 6.26 Å². The van der Waals surface area contributed by atoms with Crippen LogP contribution in [0.5, 0.6) is 0 Å². The van der Waals surface area contributed by atoms with E-state index in [0.29, 0.717) is 6.54 Å². The number of benzene rings is 1. The Morgan fingerprint density at radius 2 is 1.62 bits per heavy atom. The molecule has 1 aromatic carbocycles. The van der Waals surface area contributed by atoms with Gasteiger partial charge in [0, 0.05) is 6.54 Å². The third-order valence-electron chi connectivity index (χ3n) is 2.36. The van der Waals surface area contributed by atoms with Crippen LogP contribution in [0.4, 0.5) is 0 Å². The minimum absolute atomic E-state index is 0.128. The SMILES string of the molecule is CC(C)(C)c1ccc(CNS(C)(=O)=O)cc1. The van der Waals surface area contributed by atoms with Crippen molar-refractivity contribution in [3.8, 4) is 0 Å². The van der Waals surface area contributed by atoms with Crippen LogP contribution in [0.25, 0.3) is 0 Å². The first-order valence-electron chi connectivity index (χ1n) is 5.22. The summed E-state index contributed by atoms with van der Waals surface area (Å²) in [6.45, 7) is 6.80. The molecule has 0 saturated carbocycles. The highest BCUT2D eigenvalue weighted by Crippen LogP contribution is 2.22. The molecule has 0 saturated heterocycles. The molecule has 0 heterocycles. The second-order valence-corrected chi connectivity index (χ2v) is 6.87. The van der Waals surface area contributed by atoms with Gasteiger partial charge in [0.2, 0.25) is 10.0 Å². The van der Waals surface area contributed by atoms with E-state index in [1.165, 1.54) is 5.56 Å². The maximum atomic E-state index is 10.9. The molecule has 0 aromatic heterocycles. The van der Waals surface area contributed by atoms with Gasteiger partial charge in [-0.3, -0.25) is 0 Å². The number of hydrogen-bond donors (Lipinski definition) is 1. The second-order valence-electron chi connectivity index (χ2n) is 5.04. The van der Waals surface area contributed by atoms with Gasteiger partial charge in [-0.1, -0.05) is 45.0 Å². The number of sulfonamides is 1. The molecule has 3 nitrogen and oxygen atoms in total. The molecule has 0 fully saturated rings. The van der Waals surface area contributed by atoms with Gasteiger partial charge in [0.15, 0.2) is 0 Å². The summed E-state index contributed by atoms with van der Waals surface area (Å²) in [4.78, 5) is 0. The Balaban J connectivity index is 2.73. The molecular formula is C12H19NO2S. The molecule has 0 aliphatic rings. The van der Waals surface area contributed by atoms with Gasteiger partial charge >= 0.3 is 0 Å². The van der Waals surface area contributed by atoms with Crippen LogP contribution in [0.3, 0.4) is 0 Å². The third kappa shape index (κ3) is 4.33. The number of nitrogens with one attached hydrogen (secondary N) is 1. The lowest BCUT2D eigenvalue weighted by atomic mass is 9.87. The van der Waals surface area contributed by atoms with Crippen LogP contribution in [0.15, 0.2) is 24.3 Å². The summed E-state index contributed by atoms with van der Waals surface area (Å²) < 4.78 is 24.3. The molecule has 90 valence electrons. The first-order valence-corrected chi connectivity index (χ1v) is 7.12. The van der Waals surface area contributed by atoms with Gasteiger partial charge in [-0.15, -0.1) is 0 Å². The molecule has 0 unspecified atom stereocenters. The predicted octanol–water partition coefficient (Wildman–Crippen LogP) is 2.03. The molecule has 0 amide bonds. The molecule has 0 aliphatic carbocycles. The highest BCUT2D eigenvalue weighted by Gasteiger charge is 2.12. The summed E-state index contributed by atoms with van der Waals surface area (Å²) >= 11 is 0. The normalized spacial score (nSPS) is 12.8. The molecule has 4 heteroatoms. The van der Waals surface area contributed by atoms with Gasteiger partial charge in [0.05, 0.1) is 6.26 Å². The predicted molar refractivity (Wildman–Crippen MR) is 66.8 cm³/mol. The molecule has 0 bridgehead atoms. The van der Waals surface area contributed by atoms with Crippen molar-refractivity contribution in [3.05, 3.63) is 35.4 Å². The van der Waals surface area contributed by atoms with Crippen LogP contribution in [0, 0.1) is 0 Å². The summed E-state index contributed by atoms with van der Waals surface area (Å²) in [5.74, 6) is 0. The average Bonchev–Trinajstić information content (AvgIpc) is 2.13. The molecule has 1 N–H and O–H groups in total. The highest BCUT2D eigenvalue weighted by atomic mass is 32.2. The maximum Gasteiger partial charge on any atom is 0.209 e. The summed E-state index contributed by atoms with van der Waals surface area (Å²) in [6, 6.07) is 8.00. The van der Waals surface area contributed by atoms with E-state index in [-0.39, 0.29) is 5.41 Å². The van der Waals surface area contributed by atoms with Crippen LogP contribution in [0.2, 0.25) is 0 Å². The van der Waals surface area contributed by atoms with E-state index in [4.69, 9.17) is 0 Å². The first kappa shape index (κ1) is 13.2. The van der Waals surface area contributed by atoms with E-state index >= 15 is 0 Å². The van der Waals surface area contributed by atoms with Crippen molar-refractivity contribution in [1.29, 1.82) is 0 Å². The maximum absolute atomic E-state index is 10.9. The van der Waals surface area contributed by atoms with E-state index in [1.807, 2.05) is 24.3 Å². The Morgan fingerprint density at radius 1 is 1.12 bits per heavy atom. The van der Waals surface area contributed by atoms with Crippen LogP contribution < -0.4 is 4.72 Å². The van der Waals surface area contributed by atoms with E-state index in [2.05, 4.69) is 25.5 Å². The Hall–Kier alpha value is -0.870. The molecule has 16 heavy (non-hydrogen) atoms. The fourth-order valence-corrected chi connectivity index (χ4v) is 1.77. The highest BCUT2D eigenvalue weighted by molar-refractivity contribution is 7.88. The van der Waals surface area contributed by atoms with Gasteiger partial charge in [-0.2, -0.15) is 0 Å². The molecule has 0 spiro atoms. The lowest BCUT2D eigenvalue weighted by Gasteiger charge is -2.19. The second kappa shape index (κ2) is 4.55. The lowest BCUT2D eigenvalue weighted by molar-refractivity contribution is 0.585. The summed E-state index contributed by atoms with van der Waals surface area (Å²) in [5.41, 5.74) is 2.34. The minimum Gasteiger partial charge on any atom is -0.213 e. The van der Waals surface area contributed by atoms with E-state index in [9.17, 15) is 8.42 Å². The number of hydrogen-bond acceptors (Lipinski definition) is 2. The van der Waals surface area contributed by atoms with Crippen LogP contribution in [-0.4, -0.2) is 14.7 Å².